The Balaban J connectivity index is 1.56. The molecule has 10 heteroatoms. The fraction of sp³-hybridized carbons (Fsp3) is 0.292. The van der Waals surface area contributed by atoms with Gasteiger partial charge < -0.3 is 14.4 Å². The van der Waals surface area contributed by atoms with Crippen LogP contribution in [0.25, 0.3) is 22.2 Å². The molecule has 1 aliphatic rings. The van der Waals surface area contributed by atoms with Crippen LogP contribution in [0.1, 0.15) is 43.6 Å². The summed E-state index contributed by atoms with van der Waals surface area (Å²) in [6, 6.07) is 15.5. The Labute approximate surface area is 195 Å². The summed E-state index contributed by atoms with van der Waals surface area (Å²) in [5, 5.41) is 33.9. The van der Waals surface area contributed by atoms with E-state index in [4.69, 9.17) is 9.84 Å². The first-order valence-electron chi connectivity index (χ1n) is 11.1. The lowest BCUT2D eigenvalue weighted by molar-refractivity contribution is 0.209. The Morgan fingerprint density at radius 2 is 2.06 bits per heavy atom. The van der Waals surface area contributed by atoms with Crippen LogP contribution < -0.4 is 10.1 Å². The summed E-state index contributed by atoms with van der Waals surface area (Å²) in [6.07, 6.45) is 2.10. The van der Waals surface area contributed by atoms with Gasteiger partial charge >= 0.3 is 6.09 Å². The maximum atomic E-state index is 10.9. The van der Waals surface area contributed by atoms with Crippen molar-refractivity contribution in [3.63, 3.8) is 0 Å². The van der Waals surface area contributed by atoms with Crippen LogP contribution in [-0.2, 0) is 13.2 Å². The minimum absolute atomic E-state index is 0.243. The van der Waals surface area contributed by atoms with Crippen LogP contribution in [0.3, 0.4) is 0 Å². The Morgan fingerprint density at radius 1 is 1.26 bits per heavy atom. The quantitative estimate of drug-likeness (QED) is 0.415. The predicted molar refractivity (Wildman–Crippen MR) is 124 cm³/mol. The fourth-order valence-corrected chi connectivity index (χ4v) is 4.36. The van der Waals surface area contributed by atoms with Crippen molar-refractivity contribution in [3.8, 4) is 23.1 Å². The minimum atomic E-state index is -1.12. The van der Waals surface area contributed by atoms with Crippen molar-refractivity contribution >= 4 is 22.7 Å². The van der Waals surface area contributed by atoms with E-state index in [1.807, 2.05) is 37.3 Å². The van der Waals surface area contributed by atoms with Crippen molar-refractivity contribution < 1.29 is 14.6 Å². The first-order chi connectivity index (χ1) is 16.6. The molecule has 0 atom stereocenters. The van der Waals surface area contributed by atoms with Crippen LogP contribution in [0.5, 0.6) is 5.75 Å². The molecule has 2 N–H and O–H groups in total. The maximum Gasteiger partial charge on any atom is 0.409 e. The number of tetrazole rings is 1. The Bertz CT molecular complexity index is 1390. The molecule has 0 saturated heterocycles. The van der Waals surface area contributed by atoms with Crippen molar-refractivity contribution in [3.05, 3.63) is 53.9 Å². The number of benzene rings is 2. The molecule has 0 aliphatic heterocycles. The highest BCUT2D eigenvalue weighted by molar-refractivity contribution is 5.95. The Kier molecular flexibility index (Phi) is 5.59. The molecule has 2 aromatic carbocycles. The molecule has 2 heterocycles. The van der Waals surface area contributed by atoms with E-state index in [1.165, 1.54) is 0 Å². The summed E-state index contributed by atoms with van der Waals surface area (Å²) >= 11 is 0. The van der Waals surface area contributed by atoms with Gasteiger partial charge in [-0.05, 0) is 66.4 Å². The topological polar surface area (TPSA) is 131 Å². The number of nitrogens with zero attached hydrogens (tertiary/aromatic N) is 6. The zero-order valence-corrected chi connectivity index (χ0v) is 18.6. The molecule has 0 radical (unpaired) electrons. The summed E-state index contributed by atoms with van der Waals surface area (Å²) in [7, 11) is 0. The van der Waals surface area contributed by atoms with Crippen LogP contribution in [0.4, 0.5) is 10.5 Å². The second kappa shape index (κ2) is 8.86. The lowest BCUT2D eigenvalue weighted by Gasteiger charge is -2.30. The number of nitrogens with one attached hydrogen (secondary N) is 1. The van der Waals surface area contributed by atoms with Gasteiger partial charge in [0, 0.05) is 29.7 Å². The Hall–Kier alpha value is -4.39. The number of carboxylic acid groups (broad SMARTS) is 1. The Morgan fingerprint density at radius 3 is 2.71 bits per heavy atom. The molecule has 0 bridgehead atoms. The van der Waals surface area contributed by atoms with E-state index in [9.17, 15) is 10.1 Å². The molecule has 1 aliphatic carbocycles. The van der Waals surface area contributed by atoms with Gasteiger partial charge in [0.1, 0.15) is 18.4 Å². The van der Waals surface area contributed by atoms with E-state index in [2.05, 4.69) is 31.5 Å². The van der Waals surface area contributed by atoms with Crippen LogP contribution in [0.15, 0.2) is 42.5 Å². The summed E-state index contributed by atoms with van der Waals surface area (Å²) in [4.78, 5) is 10.9. The van der Waals surface area contributed by atoms with Crippen LogP contribution in [-0.4, -0.2) is 36.0 Å². The zero-order chi connectivity index (χ0) is 23.7. The van der Waals surface area contributed by atoms with Crippen molar-refractivity contribution in [2.45, 2.75) is 45.4 Å². The fourth-order valence-electron chi connectivity index (χ4n) is 4.36. The highest BCUT2D eigenvalue weighted by Crippen LogP contribution is 2.43. The van der Waals surface area contributed by atoms with E-state index in [-0.39, 0.29) is 6.61 Å². The molecule has 172 valence electrons. The second-order valence-corrected chi connectivity index (χ2v) is 8.18. The number of aromatic nitrogens is 5. The molecule has 2 aromatic heterocycles. The molecule has 1 amide bonds. The van der Waals surface area contributed by atoms with Crippen molar-refractivity contribution in [2.24, 2.45) is 0 Å². The smallest absolute Gasteiger partial charge is 0.409 e. The van der Waals surface area contributed by atoms with E-state index in [0.717, 1.165) is 41.4 Å². The van der Waals surface area contributed by atoms with Gasteiger partial charge in [-0.2, -0.15) is 5.26 Å². The molecule has 0 unspecified atom stereocenters. The number of rotatable bonds is 7. The number of anilines is 1. The van der Waals surface area contributed by atoms with Crippen molar-refractivity contribution in [1.82, 2.24) is 24.8 Å². The first-order valence-corrected chi connectivity index (χ1v) is 11.1. The zero-order valence-electron chi connectivity index (χ0n) is 18.6. The summed E-state index contributed by atoms with van der Waals surface area (Å²) in [5.74, 6) is 1.32. The molecule has 10 nitrogen and oxygen atoms in total. The van der Waals surface area contributed by atoms with Crippen molar-refractivity contribution in [1.29, 1.82) is 5.26 Å². The number of fused-ring (bicyclic) bond motifs is 1. The third-order valence-electron chi connectivity index (χ3n) is 6.21. The van der Waals surface area contributed by atoms with E-state index in [0.29, 0.717) is 35.4 Å². The standard InChI is InChI=1S/C24H23N7O3/c1-2-30-22(27-28-29-30)14-34-18-10-11-19-20(13-25)23(31(21(19)12-18)17-4-3-5-17)15-6-8-16(9-7-15)26-24(32)33/h6-12,17,26H,2-5,14H2,1H3,(H,32,33). The summed E-state index contributed by atoms with van der Waals surface area (Å²) in [5.41, 5.74) is 3.72. The molecule has 5 rings (SSSR count). The SMILES string of the molecule is CCn1nnnc1COc1ccc2c(C#N)c(-c3ccc(NC(=O)O)cc3)n(C3CCC3)c2c1. The predicted octanol–water partition coefficient (Wildman–Crippen LogP) is 4.58. The third kappa shape index (κ3) is 3.81. The van der Waals surface area contributed by atoms with Crippen molar-refractivity contribution in [2.75, 3.05) is 5.32 Å². The van der Waals surface area contributed by atoms with Gasteiger partial charge in [0.25, 0.3) is 0 Å². The van der Waals surface area contributed by atoms with Crippen LogP contribution >= 0.6 is 0 Å². The van der Waals surface area contributed by atoms with Gasteiger partial charge in [-0.3, -0.25) is 5.32 Å². The third-order valence-corrected chi connectivity index (χ3v) is 6.21. The first kappa shape index (κ1) is 21.5. The molecule has 1 fully saturated rings. The maximum absolute atomic E-state index is 10.9. The number of ether oxygens (including phenoxy) is 1. The molecule has 4 aromatic rings. The number of carbonyl (C=O) groups is 1. The molecular weight excluding hydrogens is 434 g/mol. The second-order valence-electron chi connectivity index (χ2n) is 8.18. The number of hydrogen-bond acceptors (Lipinski definition) is 6. The summed E-state index contributed by atoms with van der Waals surface area (Å²) in [6.45, 7) is 2.87. The van der Waals surface area contributed by atoms with Gasteiger partial charge in [0.2, 0.25) is 0 Å². The van der Waals surface area contributed by atoms with Gasteiger partial charge in [-0.25, -0.2) is 9.48 Å². The molecule has 34 heavy (non-hydrogen) atoms. The van der Waals surface area contributed by atoms with E-state index < -0.39 is 6.09 Å². The largest absolute Gasteiger partial charge is 0.485 e. The highest BCUT2D eigenvalue weighted by atomic mass is 16.5. The van der Waals surface area contributed by atoms with Gasteiger partial charge in [-0.15, -0.1) is 5.10 Å². The van der Waals surface area contributed by atoms with Crippen LogP contribution in [0, 0.1) is 11.3 Å². The normalized spacial score (nSPS) is 13.4. The number of aryl methyl sites for hydroxylation is 1. The minimum Gasteiger partial charge on any atom is -0.485 e. The average Bonchev–Trinajstić information content (AvgIpc) is 3.38. The van der Waals surface area contributed by atoms with Gasteiger partial charge in [0.15, 0.2) is 5.82 Å². The summed E-state index contributed by atoms with van der Waals surface area (Å²) < 4.78 is 9.93. The average molecular weight is 457 g/mol. The molecule has 0 spiro atoms. The number of hydrogen-bond donors (Lipinski definition) is 2. The van der Waals surface area contributed by atoms with Gasteiger partial charge in [0.05, 0.1) is 16.8 Å². The van der Waals surface area contributed by atoms with E-state index in [1.54, 1.807) is 16.8 Å². The number of amides is 1. The van der Waals surface area contributed by atoms with Crippen LogP contribution in [0.2, 0.25) is 0 Å². The van der Waals surface area contributed by atoms with E-state index >= 15 is 0 Å². The molecule has 1 saturated carbocycles. The highest BCUT2D eigenvalue weighted by Gasteiger charge is 2.28. The number of nitriles is 1. The monoisotopic (exact) mass is 457 g/mol. The van der Waals surface area contributed by atoms with Gasteiger partial charge in [-0.1, -0.05) is 12.1 Å². The lowest BCUT2D eigenvalue weighted by atomic mass is 9.92. The molecular formula is C24H23N7O3. The lowest BCUT2D eigenvalue weighted by Crippen LogP contribution is -2.18.